The summed E-state index contributed by atoms with van der Waals surface area (Å²) in [6.07, 6.45) is 2.34. The van der Waals surface area contributed by atoms with Gasteiger partial charge in [0.05, 0.1) is 29.9 Å². The lowest BCUT2D eigenvalue weighted by atomic mass is 9.87. The van der Waals surface area contributed by atoms with Gasteiger partial charge in [0.1, 0.15) is 17.3 Å². The summed E-state index contributed by atoms with van der Waals surface area (Å²) in [5, 5.41) is 5.17. The first kappa shape index (κ1) is 34.1. The van der Waals surface area contributed by atoms with Crippen molar-refractivity contribution in [2.24, 2.45) is 0 Å². The Labute approximate surface area is 281 Å². The highest BCUT2D eigenvalue weighted by molar-refractivity contribution is 7.90. The van der Waals surface area contributed by atoms with Crippen LogP contribution in [0.2, 0.25) is 5.02 Å². The van der Waals surface area contributed by atoms with Crippen molar-refractivity contribution in [3.05, 3.63) is 129 Å². The fourth-order valence-corrected chi connectivity index (χ4v) is 6.92. The van der Waals surface area contributed by atoms with E-state index in [4.69, 9.17) is 21.4 Å². The van der Waals surface area contributed by atoms with Crippen LogP contribution in [0.3, 0.4) is 0 Å². The third-order valence-electron chi connectivity index (χ3n) is 8.24. The minimum absolute atomic E-state index is 0.0764. The molecule has 5 rings (SSSR count). The molecule has 2 heterocycles. The number of rotatable bonds is 12. The van der Waals surface area contributed by atoms with Gasteiger partial charge < -0.3 is 4.74 Å². The maximum Gasteiger partial charge on any atom is 0.346 e. The molecule has 2 aromatic heterocycles. The minimum Gasteiger partial charge on any atom is -0.495 e. The third kappa shape index (κ3) is 8.21. The van der Waals surface area contributed by atoms with Gasteiger partial charge in [0.2, 0.25) is 0 Å². The molecule has 0 radical (unpaired) electrons. The van der Waals surface area contributed by atoms with Crippen LogP contribution in [0.25, 0.3) is 11.3 Å². The highest BCUT2D eigenvalue weighted by atomic mass is 35.5. The Morgan fingerprint density at radius 3 is 2.13 bits per heavy atom. The second-order valence-corrected chi connectivity index (χ2v) is 15.1. The van der Waals surface area contributed by atoms with Gasteiger partial charge >= 0.3 is 5.69 Å². The molecule has 0 fully saturated rings. The predicted molar refractivity (Wildman–Crippen MR) is 187 cm³/mol. The zero-order valence-electron chi connectivity index (χ0n) is 27.5. The monoisotopic (exact) mass is 672 g/mol. The van der Waals surface area contributed by atoms with Crippen LogP contribution in [0.1, 0.15) is 62.3 Å². The molecule has 0 atom stereocenters. The molecule has 3 aromatic carbocycles. The van der Waals surface area contributed by atoms with Gasteiger partial charge in [-0.15, -0.1) is 0 Å². The lowest BCUT2D eigenvalue weighted by molar-refractivity contribution is 0.408. The van der Waals surface area contributed by atoms with Crippen LogP contribution in [-0.2, 0) is 46.9 Å². The molecule has 0 unspecified atom stereocenters. The molecular formula is C37H41ClN4O4S. The summed E-state index contributed by atoms with van der Waals surface area (Å²) in [6, 6.07) is 26.2. The van der Waals surface area contributed by atoms with Crippen molar-refractivity contribution >= 4 is 21.4 Å². The fraction of sp³-hybridized carbons (Fsp3) is 0.324. The Morgan fingerprint density at radius 2 is 1.51 bits per heavy atom. The van der Waals surface area contributed by atoms with Gasteiger partial charge in [-0.25, -0.2) is 22.9 Å². The second-order valence-electron chi connectivity index (χ2n) is 12.7. The van der Waals surface area contributed by atoms with E-state index in [1.807, 2.05) is 25.1 Å². The van der Waals surface area contributed by atoms with Gasteiger partial charge in [-0.05, 0) is 78.3 Å². The van der Waals surface area contributed by atoms with Crippen molar-refractivity contribution in [2.45, 2.75) is 76.1 Å². The van der Waals surface area contributed by atoms with E-state index < -0.39 is 9.84 Å². The van der Waals surface area contributed by atoms with E-state index in [1.54, 1.807) is 27.4 Å². The number of aromatic nitrogens is 4. The number of pyridine rings is 1. The summed E-state index contributed by atoms with van der Waals surface area (Å²) in [5.74, 6) is 0.907. The van der Waals surface area contributed by atoms with Crippen LogP contribution in [-0.4, -0.2) is 34.9 Å². The maximum absolute atomic E-state index is 13.1. The average Bonchev–Trinajstić information content (AvgIpc) is 3.34. The summed E-state index contributed by atoms with van der Waals surface area (Å²) in [4.78, 5) is 17.9. The molecule has 0 aliphatic rings. The number of aryl methyl sites for hydroxylation is 2. The van der Waals surface area contributed by atoms with Gasteiger partial charge in [0.25, 0.3) is 0 Å². The van der Waals surface area contributed by atoms with Crippen molar-refractivity contribution in [1.29, 1.82) is 0 Å². The highest BCUT2D eigenvalue weighted by Crippen LogP contribution is 2.28. The van der Waals surface area contributed by atoms with Crippen molar-refractivity contribution < 1.29 is 13.2 Å². The number of methoxy groups -OCH3 is 1. The molecule has 0 saturated heterocycles. The Morgan fingerprint density at radius 1 is 0.851 bits per heavy atom. The van der Waals surface area contributed by atoms with Crippen molar-refractivity contribution in [3.63, 3.8) is 0 Å². The van der Waals surface area contributed by atoms with E-state index in [2.05, 4.69) is 62.2 Å². The molecule has 0 amide bonds. The summed E-state index contributed by atoms with van der Waals surface area (Å²) < 4.78 is 34.9. The highest BCUT2D eigenvalue weighted by Gasteiger charge is 2.20. The van der Waals surface area contributed by atoms with Crippen molar-refractivity contribution in [3.8, 4) is 17.0 Å². The Hall–Kier alpha value is -4.21. The van der Waals surface area contributed by atoms with Gasteiger partial charge in [-0.1, -0.05) is 80.9 Å². The number of hydrogen-bond donors (Lipinski definition) is 0. The summed E-state index contributed by atoms with van der Waals surface area (Å²) in [6.45, 7) is 9.55. The number of halogens is 1. The molecule has 0 saturated carbocycles. The zero-order valence-corrected chi connectivity index (χ0v) is 29.1. The molecule has 246 valence electrons. The first-order valence-electron chi connectivity index (χ1n) is 15.8. The zero-order chi connectivity index (χ0) is 33.8. The first-order chi connectivity index (χ1) is 22.4. The van der Waals surface area contributed by atoms with Crippen molar-refractivity contribution in [1.82, 2.24) is 19.3 Å². The van der Waals surface area contributed by atoms with Crippen LogP contribution >= 0.6 is 11.6 Å². The maximum atomic E-state index is 13.1. The predicted octanol–water partition coefficient (Wildman–Crippen LogP) is 7.28. The van der Waals surface area contributed by atoms with Crippen LogP contribution in [0.15, 0.2) is 94.6 Å². The molecule has 5 aromatic rings. The molecular weight excluding hydrogens is 632 g/mol. The van der Waals surface area contributed by atoms with E-state index in [1.165, 1.54) is 24.8 Å². The SMILES string of the molecule is CCn1c(CCCc2ccc(-c3ccc(OC)c(CS(=O)(=O)c4ccc(Cl)cc4)n3)cc2)nn(Cc2ccc(C(C)(C)C)cc2)c1=O. The minimum atomic E-state index is -3.66. The Kier molecular flexibility index (Phi) is 10.4. The number of ether oxygens (including phenoxy) is 1. The lowest BCUT2D eigenvalue weighted by Gasteiger charge is -2.19. The third-order valence-corrected chi connectivity index (χ3v) is 10.1. The number of benzene rings is 3. The summed E-state index contributed by atoms with van der Waals surface area (Å²) in [7, 11) is -2.16. The molecule has 8 nitrogen and oxygen atoms in total. The van der Waals surface area contributed by atoms with Crippen LogP contribution in [0.5, 0.6) is 5.75 Å². The number of hydrogen-bond acceptors (Lipinski definition) is 6. The quantitative estimate of drug-likeness (QED) is 0.138. The summed E-state index contributed by atoms with van der Waals surface area (Å²) in [5.41, 5.74) is 5.32. The van der Waals surface area contributed by atoms with Gasteiger partial charge in [0, 0.05) is 23.6 Å². The van der Waals surface area contributed by atoms with Crippen molar-refractivity contribution in [2.75, 3.05) is 7.11 Å². The molecule has 0 N–H and O–H groups in total. The molecule has 10 heteroatoms. The molecule has 0 aliphatic carbocycles. The lowest BCUT2D eigenvalue weighted by Crippen LogP contribution is -2.25. The van der Waals surface area contributed by atoms with E-state index in [0.29, 0.717) is 41.7 Å². The standard InChI is InChI=1S/C37H41ClN4O4S/c1-6-41-35(40-42(36(41)43)24-27-12-16-29(17-13-27)37(2,3)4)9-7-8-26-10-14-28(15-11-26)32-22-23-34(46-5)33(39-32)25-47(44,45)31-20-18-30(38)19-21-31/h10-23H,6-9,24-25H2,1-5H3. The fourth-order valence-electron chi connectivity index (χ4n) is 5.51. The molecule has 0 aliphatic heterocycles. The number of sulfone groups is 1. The normalized spacial score (nSPS) is 12.0. The average molecular weight is 673 g/mol. The molecule has 0 spiro atoms. The smallest absolute Gasteiger partial charge is 0.346 e. The largest absolute Gasteiger partial charge is 0.495 e. The van der Waals surface area contributed by atoms with E-state index in [9.17, 15) is 13.2 Å². The van der Waals surface area contributed by atoms with E-state index in [-0.39, 0.29) is 21.8 Å². The number of nitrogens with zero attached hydrogens (tertiary/aromatic N) is 4. The van der Waals surface area contributed by atoms with Gasteiger partial charge in [0.15, 0.2) is 9.84 Å². The van der Waals surface area contributed by atoms with Gasteiger partial charge in [-0.2, -0.15) is 5.10 Å². The second kappa shape index (κ2) is 14.3. The van der Waals surface area contributed by atoms with Gasteiger partial charge in [-0.3, -0.25) is 4.57 Å². The topological polar surface area (TPSA) is 96.1 Å². The van der Waals surface area contributed by atoms with Crippen LogP contribution in [0.4, 0.5) is 0 Å². The van der Waals surface area contributed by atoms with E-state index >= 15 is 0 Å². The van der Waals surface area contributed by atoms with E-state index in [0.717, 1.165) is 35.4 Å². The molecule has 47 heavy (non-hydrogen) atoms. The summed E-state index contributed by atoms with van der Waals surface area (Å²) >= 11 is 5.94. The first-order valence-corrected chi connectivity index (χ1v) is 17.8. The molecule has 0 bridgehead atoms. The van der Waals surface area contributed by atoms with Crippen LogP contribution < -0.4 is 10.4 Å². The van der Waals surface area contributed by atoms with Crippen LogP contribution in [0, 0.1) is 0 Å². The Bertz CT molecular complexity index is 1990. The Balaban J connectivity index is 1.24.